The number of guanidine groups is 1. The van der Waals surface area contributed by atoms with Crippen LogP contribution in [-0.2, 0) is 9.47 Å². The fraction of sp³-hybridized carbons (Fsp3) is 0.933. The molecule has 0 aliphatic rings. The van der Waals surface area contributed by atoms with Crippen LogP contribution in [0.25, 0.3) is 0 Å². The second-order valence-electron chi connectivity index (χ2n) is 5.47. The lowest BCUT2D eigenvalue weighted by Crippen LogP contribution is -2.40. The molecule has 0 saturated carbocycles. The van der Waals surface area contributed by atoms with Crippen molar-refractivity contribution in [2.45, 2.75) is 45.9 Å². The third kappa shape index (κ3) is 13.1. The number of halogens is 3. The van der Waals surface area contributed by atoms with Gasteiger partial charge >= 0.3 is 6.18 Å². The van der Waals surface area contributed by atoms with Crippen LogP contribution in [0.5, 0.6) is 0 Å². The summed E-state index contributed by atoms with van der Waals surface area (Å²) in [6, 6.07) is 0. The van der Waals surface area contributed by atoms with Crippen molar-refractivity contribution in [3.63, 3.8) is 0 Å². The van der Waals surface area contributed by atoms with E-state index in [4.69, 9.17) is 4.74 Å². The first-order valence-electron chi connectivity index (χ1n) is 8.00. The Balaban J connectivity index is 3.79. The molecule has 0 saturated heterocycles. The molecule has 5 nitrogen and oxygen atoms in total. The van der Waals surface area contributed by atoms with E-state index in [0.717, 1.165) is 6.42 Å². The van der Waals surface area contributed by atoms with E-state index in [2.05, 4.69) is 34.2 Å². The number of alkyl halides is 3. The highest BCUT2D eigenvalue weighted by Gasteiger charge is 2.27. The summed E-state index contributed by atoms with van der Waals surface area (Å²) in [5.41, 5.74) is 0. The van der Waals surface area contributed by atoms with Gasteiger partial charge in [0.25, 0.3) is 0 Å². The third-order valence-corrected chi connectivity index (χ3v) is 3.09. The van der Waals surface area contributed by atoms with Crippen molar-refractivity contribution in [2.75, 3.05) is 40.0 Å². The van der Waals surface area contributed by atoms with E-state index in [9.17, 15) is 13.2 Å². The number of nitrogens with zero attached hydrogens (tertiary/aromatic N) is 1. The maximum atomic E-state index is 11.9. The molecule has 1 atom stereocenters. The summed E-state index contributed by atoms with van der Waals surface area (Å²) in [4.78, 5) is 4.07. The van der Waals surface area contributed by atoms with Crippen LogP contribution in [0.1, 0.15) is 33.6 Å². The topological polar surface area (TPSA) is 54.9 Å². The zero-order valence-electron chi connectivity index (χ0n) is 14.5. The van der Waals surface area contributed by atoms with Crippen LogP contribution >= 0.6 is 0 Å². The first-order valence-corrected chi connectivity index (χ1v) is 8.00. The average molecular weight is 341 g/mol. The summed E-state index contributed by atoms with van der Waals surface area (Å²) >= 11 is 0. The molecule has 0 rings (SSSR count). The van der Waals surface area contributed by atoms with E-state index in [1.165, 1.54) is 0 Å². The van der Waals surface area contributed by atoms with E-state index in [1.807, 2.05) is 6.92 Å². The van der Waals surface area contributed by atoms with Gasteiger partial charge in [0, 0.05) is 33.4 Å². The molecule has 0 spiro atoms. The Morgan fingerprint density at radius 1 is 1.17 bits per heavy atom. The minimum atomic E-state index is -4.27. The van der Waals surface area contributed by atoms with Gasteiger partial charge in [0.05, 0.1) is 6.10 Å². The van der Waals surface area contributed by atoms with Crippen molar-refractivity contribution in [3.8, 4) is 0 Å². The Bertz CT molecular complexity index is 324. The molecule has 0 aromatic rings. The SMILES string of the molecule is CCOC(CCNC(=NC)NCCCOCC(F)(F)F)C(C)C. The third-order valence-electron chi connectivity index (χ3n) is 3.09. The fourth-order valence-electron chi connectivity index (χ4n) is 1.95. The second-order valence-corrected chi connectivity index (χ2v) is 5.47. The lowest BCUT2D eigenvalue weighted by molar-refractivity contribution is -0.173. The molecule has 0 fully saturated rings. The Morgan fingerprint density at radius 2 is 1.83 bits per heavy atom. The van der Waals surface area contributed by atoms with Crippen LogP contribution in [0.3, 0.4) is 0 Å². The van der Waals surface area contributed by atoms with Gasteiger partial charge < -0.3 is 20.1 Å². The zero-order chi connectivity index (χ0) is 17.7. The lowest BCUT2D eigenvalue weighted by atomic mass is 10.0. The smallest absolute Gasteiger partial charge is 0.378 e. The van der Waals surface area contributed by atoms with Crippen LogP contribution in [0.2, 0.25) is 0 Å². The van der Waals surface area contributed by atoms with Crippen LogP contribution < -0.4 is 10.6 Å². The second kappa shape index (κ2) is 12.4. The maximum absolute atomic E-state index is 11.9. The number of hydrogen-bond donors (Lipinski definition) is 2. The van der Waals surface area contributed by atoms with Gasteiger partial charge in [0.2, 0.25) is 0 Å². The molecule has 0 aliphatic heterocycles. The summed E-state index contributed by atoms with van der Waals surface area (Å²) in [6.45, 7) is 6.97. The van der Waals surface area contributed by atoms with Crippen LogP contribution in [0, 0.1) is 5.92 Å². The number of nitrogens with one attached hydrogen (secondary N) is 2. The first-order chi connectivity index (χ1) is 10.8. The molecule has 0 bridgehead atoms. The number of hydrogen-bond acceptors (Lipinski definition) is 3. The van der Waals surface area contributed by atoms with Crippen molar-refractivity contribution < 1.29 is 22.6 Å². The van der Waals surface area contributed by atoms with Crippen molar-refractivity contribution in [1.82, 2.24) is 10.6 Å². The minimum Gasteiger partial charge on any atom is -0.378 e. The largest absolute Gasteiger partial charge is 0.411 e. The highest BCUT2D eigenvalue weighted by molar-refractivity contribution is 5.79. The Hall–Kier alpha value is -1.02. The van der Waals surface area contributed by atoms with Gasteiger partial charge in [-0.05, 0) is 25.7 Å². The maximum Gasteiger partial charge on any atom is 0.411 e. The first kappa shape index (κ1) is 22.0. The normalized spacial score (nSPS) is 14.2. The minimum absolute atomic E-state index is 0.0588. The molecule has 138 valence electrons. The van der Waals surface area contributed by atoms with Crippen molar-refractivity contribution in [1.29, 1.82) is 0 Å². The summed E-state index contributed by atoms with van der Waals surface area (Å²) < 4.78 is 45.9. The molecule has 0 aromatic carbocycles. The Labute approximate surface area is 137 Å². The molecule has 0 heterocycles. The van der Waals surface area contributed by atoms with Gasteiger partial charge in [-0.15, -0.1) is 0 Å². The van der Waals surface area contributed by atoms with Gasteiger partial charge in [-0.2, -0.15) is 13.2 Å². The van der Waals surface area contributed by atoms with Gasteiger partial charge in [-0.25, -0.2) is 0 Å². The van der Waals surface area contributed by atoms with Crippen molar-refractivity contribution in [3.05, 3.63) is 0 Å². The molecule has 0 aromatic heterocycles. The molecular weight excluding hydrogens is 311 g/mol. The van der Waals surface area contributed by atoms with Gasteiger partial charge in [-0.3, -0.25) is 4.99 Å². The standard InChI is InChI=1S/C15H30F3N3O2/c1-5-23-13(12(2)3)7-9-21-14(19-4)20-8-6-10-22-11-15(16,17)18/h12-13H,5-11H2,1-4H3,(H2,19,20,21). The number of rotatable bonds is 11. The van der Waals surface area contributed by atoms with Crippen LogP contribution in [-0.4, -0.2) is 58.2 Å². The Kier molecular flexibility index (Phi) is 11.9. The molecule has 0 amide bonds. The predicted octanol–water partition coefficient (Wildman–Crippen LogP) is 2.57. The van der Waals surface area contributed by atoms with Crippen molar-refractivity contribution in [2.24, 2.45) is 10.9 Å². The molecule has 0 aliphatic carbocycles. The van der Waals surface area contributed by atoms with Crippen LogP contribution in [0.4, 0.5) is 13.2 Å². The fourth-order valence-corrected chi connectivity index (χ4v) is 1.95. The summed E-state index contributed by atoms with van der Waals surface area (Å²) in [6.07, 6.45) is -2.73. The highest BCUT2D eigenvalue weighted by Crippen LogP contribution is 2.14. The molecule has 2 N–H and O–H groups in total. The monoisotopic (exact) mass is 341 g/mol. The predicted molar refractivity (Wildman–Crippen MR) is 85.7 cm³/mol. The molecule has 8 heteroatoms. The van der Waals surface area contributed by atoms with Crippen LogP contribution in [0.15, 0.2) is 4.99 Å². The zero-order valence-corrected chi connectivity index (χ0v) is 14.5. The number of aliphatic imine (C=N–C) groups is 1. The van der Waals surface area contributed by atoms with E-state index < -0.39 is 12.8 Å². The molecular formula is C15H30F3N3O2. The summed E-state index contributed by atoms with van der Waals surface area (Å²) in [5, 5.41) is 6.21. The van der Waals surface area contributed by atoms with Crippen molar-refractivity contribution >= 4 is 5.96 Å². The molecule has 0 radical (unpaired) electrons. The van der Waals surface area contributed by atoms with E-state index in [-0.39, 0.29) is 12.7 Å². The quantitative estimate of drug-likeness (QED) is 0.345. The summed E-state index contributed by atoms with van der Waals surface area (Å²) in [5.74, 6) is 1.07. The lowest BCUT2D eigenvalue weighted by Gasteiger charge is -2.21. The van der Waals surface area contributed by atoms with E-state index >= 15 is 0 Å². The molecule has 23 heavy (non-hydrogen) atoms. The Morgan fingerprint density at radius 3 is 2.35 bits per heavy atom. The van der Waals surface area contributed by atoms with E-state index in [0.29, 0.717) is 38.0 Å². The average Bonchev–Trinajstić information content (AvgIpc) is 2.46. The molecule has 1 unspecified atom stereocenters. The van der Waals surface area contributed by atoms with E-state index in [1.54, 1.807) is 7.05 Å². The van der Waals surface area contributed by atoms with Gasteiger partial charge in [-0.1, -0.05) is 13.8 Å². The van der Waals surface area contributed by atoms with Gasteiger partial charge in [0.1, 0.15) is 6.61 Å². The highest BCUT2D eigenvalue weighted by atomic mass is 19.4. The summed E-state index contributed by atoms with van der Waals surface area (Å²) in [7, 11) is 1.65. The number of ether oxygens (including phenoxy) is 2. The van der Waals surface area contributed by atoms with Gasteiger partial charge in [0.15, 0.2) is 5.96 Å².